The van der Waals surface area contributed by atoms with Crippen LogP contribution in [-0.2, 0) is 13.1 Å². The summed E-state index contributed by atoms with van der Waals surface area (Å²) >= 11 is 1.53. The highest BCUT2D eigenvalue weighted by molar-refractivity contribution is 7.09. The van der Waals surface area contributed by atoms with E-state index in [4.69, 9.17) is 0 Å². The third kappa shape index (κ3) is 4.57. The Balaban J connectivity index is 1.40. The minimum Gasteiger partial charge on any atom is -0.346 e. The number of aryl methyl sites for hydroxylation is 2. The fraction of sp³-hybridized carbons (Fsp3) is 0.182. The van der Waals surface area contributed by atoms with E-state index < -0.39 is 0 Å². The number of hydrogen-bond acceptors (Lipinski definition) is 5. The van der Waals surface area contributed by atoms with Crippen molar-refractivity contribution in [2.45, 2.75) is 26.9 Å². The highest BCUT2D eigenvalue weighted by Gasteiger charge is 2.10. The number of amides is 1. The van der Waals surface area contributed by atoms with Crippen LogP contribution in [0.15, 0.2) is 60.2 Å². The molecular formula is C22H21N5OS. The van der Waals surface area contributed by atoms with Gasteiger partial charge in [-0.15, -0.1) is 11.3 Å². The molecule has 0 radical (unpaired) electrons. The number of nitrogens with one attached hydrogen (secondary N) is 1. The number of hydrogen-bond donors (Lipinski definition) is 1. The molecule has 7 heteroatoms. The maximum Gasteiger partial charge on any atom is 0.251 e. The van der Waals surface area contributed by atoms with Crippen molar-refractivity contribution in [2.75, 3.05) is 0 Å². The van der Waals surface area contributed by atoms with Gasteiger partial charge in [0.1, 0.15) is 5.01 Å². The summed E-state index contributed by atoms with van der Waals surface area (Å²) in [6.07, 6.45) is 3.49. The first-order valence-electron chi connectivity index (χ1n) is 9.31. The molecular weight excluding hydrogens is 382 g/mol. The summed E-state index contributed by atoms with van der Waals surface area (Å²) in [5.74, 6) is -0.110. The minimum atomic E-state index is -0.110. The normalized spacial score (nSPS) is 10.8. The van der Waals surface area contributed by atoms with Gasteiger partial charge in [-0.1, -0.05) is 12.1 Å². The van der Waals surface area contributed by atoms with E-state index in [1.54, 1.807) is 12.4 Å². The summed E-state index contributed by atoms with van der Waals surface area (Å²) in [6.45, 7) is 5.05. The topological polar surface area (TPSA) is 72.7 Å². The first-order valence-corrected chi connectivity index (χ1v) is 10.2. The molecule has 29 heavy (non-hydrogen) atoms. The summed E-state index contributed by atoms with van der Waals surface area (Å²) in [5, 5.41) is 10.3. The fourth-order valence-corrected chi connectivity index (χ4v) is 3.87. The molecule has 3 heterocycles. The molecule has 0 saturated carbocycles. The number of pyridine rings is 1. The van der Waals surface area contributed by atoms with E-state index in [1.807, 2.05) is 66.4 Å². The van der Waals surface area contributed by atoms with Crippen molar-refractivity contribution in [2.24, 2.45) is 0 Å². The van der Waals surface area contributed by atoms with Gasteiger partial charge in [0.05, 0.1) is 24.5 Å². The monoisotopic (exact) mass is 403 g/mol. The first-order chi connectivity index (χ1) is 14.1. The van der Waals surface area contributed by atoms with Crippen LogP contribution in [0.3, 0.4) is 0 Å². The Labute approximate surface area is 173 Å². The molecule has 0 fully saturated rings. The SMILES string of the molecule is Cc1cc(C)n(Cc2cccc(C(=O)NCc3nc(-c4ccncc4)cs3)c2)n1. The molecule has 146 valence electrons. The lowest BCUT2D eigenvalue weighted by Gasteiger charge is -2.08. The van der Waals surface area contributed by atoms with Gasteiger partial charge in [-0.2, -0.15) is 5.10 Å². The quantitative estimate of drug-likeness (QED) is 0.528. The van der Waals surface area contributed by atoms with Crippen molar-refractivity contribution >= 4 is 17.2 Å². The number of aromatic nitrogens is 4. The van der Waals surface area contributed by atoms with Crippen molar-refractivity contribution in [3.05, 3.63) is 87.8 Å². The number of nitrogens with zero attached hydrogens (tertiary/aromatic N) is 4. The zero-order chi connectivity index (χ0) is 20.2. The summed E-state index contributed by atoms with van der Waals surface area (Å²) in [7, 11) is 0. The number of rotatable bonds is 6. The van der Waals surface area contributed by atoms with Crippen LogP contribution in [0.25, 0.3) is 11.3 Å². The van der Waals surface area contributed by atoms with Crippen molar-refractivity contribution in [3.63, 3.8) is 0 Å². The molecule has 0 saturated heterocycles. The van der Waals surface area contributed by atoms with Crippen LogP contribution in [0.2, 0.25) is 0 Å². The lowest BCUT2D eigenvalue weighted by Crippen LogP contribution is -2.22. The molecule has 0 aliphatic heterocycles. The summed E-state index contributed by atoms with van der Waals surface area (Å²) in [6, 6.07) is 13.5. The van der Waals surface area contributed by atoms with E-state index in [1.165, 1.54) is 11.3 Å². The van der Waals surface area contributed by atoms with Gasteiger partial charge in [0.25, 0.3) is 5.91 Å². The highest BCUT2D eigenvalue weighted by atomic mass is 32.1. The zero-order valence-electron chi connectivity index (χ0n) is 16.3. The number of carbonyl (C=O) groups is 1. The number of thiazole rings is 1. The maximum absolute atomic E-state index is 12.6. The van der Waals surface area contributed by atoms with Crippen molar-refractivity contribution in [3.8, 4) is 11.3 Å². The second kappa shape index (κ2) is 8.36. The molecule has 3 aromatic heterocycles. The predicted molar refractivity (Wildman–Crippen MR) is 114 cm³/mol. The first kappa shape index (κ1) is 19.0. The standard InChI is InChI=1S/C22H21N5OS/c1-15-10-16(2)27(26-15)13-17-4-3-5-19(11-17)22(28)24-12-21-25-20(14-29-21)18-6-8-23-9-7-18/h3-11,14H,12-13H2,1-2H3,(H,24,28). The Kier molecular flexibility index (Phi) is 5.48. The molecule has 0 aliphatic rings. The molecule has 4 aromatic rings. The van der Waals surface area contributed by atoms with Crippen LogP contribution in [0, 0.1) is 13.8 Å². The van der Waals surface area contributed by atoms with Crippen molar-refractivity contribution < 1.29 is 4.79 Å². The Morgan fingerprint density at radius 1 is 1.14 bits per heavy atom. The second-order valence-corrected chi connectivity index (χ2v) is 7.77. The van der Waals surface area contributed by atoms with E-state index in [0.717, 1.165) is 33.2 Å². The maximum atomic E-state index is 12.6. The van der Waals surface area contributed by atoms with Gasteiger partial charge >= 0.3 is 0 Å². The van der Waals surface area contributed by atoms with Gasteiger partial charge < -0.3 is 5.32 Å². The summed E-state index contributed by atoms with van der Waals surface area (Å²) < 4.78 is 1.95. The van der Waals surface area contributed by atoms with Crippen LogP contribution in [0.4, 0.5) is 0 Å². The van der Waals surface area contributed by atoms with Crippen LogP contribution < -0.4 is 5.32 Å². The Morgan fingerprint density at radius 3 is 2.72 bits per heavy atom. The third-order valence-electron chi connectivity index (χ3n) is 4.55. The minimum absolute atomic E-state index is 0.110. The van der Waals surface area contributed by atoms with E-state index in [0.29, 0.717) is 18.7 Å². The summed E-state index contributed by atoms with van der Waals surface area (Å²) in [4.78, 5) is 21.2. The lowest BCUT2D eigenvalue weighted by molar-refractivity contribution is 0.0950. The Hall–Kier alpha value is -3.32. The molecule has 0 bridgehead atoms. The molecule has 0 unspecified atom stereocenters. The molecule has 4 rings (SSSR count). The largest absolute Gasteiger partial charge is 0.346 e. The van der Waals surface area contributed by atoms with Gasteiger partial charge in [-0.3, -0.25) is 14.5 Å². The van der Waals surface area contributed by atoms with Crippen LogP contribution in [0.5, 0.6) is 0 Å². The van der Waals surface area contributed by atoms with Gasteiger partial charge in [-0.25, -0.2) is 4.98 Å². The number of carbonyl (C=O) groups excluding carboxylic acids is 1. The molecule has 0 spiro atoms. The van der Waals surface area contributed by atoms with Gasteiger partial charge in [-0.05, 0) is 49.7 Å². The van der Waals surface area contributed by atoms with Gasteiger partial charge in [0.2, 0.25) is 0 Å². The molecule has 1 amide bonds. The van der Waals surface area contributed by atoms with E-state index in [9.17, 15) is 4.79 Å². The second-order valence-electron chi connectivity index (χ2n) is 6.83. The molecule has 1 N–H and O–H groups in total. The molecule has 0 atom stereocenters. The average molecular weight is 404 g/mol. The van der Waals surface area contributed by atoms with E-state index in [-0.39, 0.29) is 5.91 Å². The smallest absolute Gasteiger partial charge is 0.251 e. The van der Waals surface area contributed by atoms with Gasteiger partial charge in [0, 0.05) is 34.6 Å². The van der Waals surface area contributed by atoms with Crippen molar-refractivity contribution in [1.29, 1.82) is 0 Å². The van der Waals surface area contributed by atoms with E-state index in [2.05, 4.69) is 20.4 Å². The third-order valence-corrected chi connectivity index (χ3v) is 5.40. The Morgan fingerprint density at radius 2 is 1.97 bits per heavy atom. The highest BCUT2D eigenvalue weighted by Crippen LogP contribution is 2.21. The molecule has 6 nitrogen and oxygen atoms in total. The Bertz CT molecular complexity index is 1130. The molecule has 0 aliphatic carbocycles. The van der Waals surface area contributed by atoms with Crippen molar-refractivity contribution in [1.82, 2.24) is 25.1 Å². The van der Waals surface area contributed by atoms with Crippen LogP contribution in [0.1, 0.15) is 32.3 Å². The predicted octanol–water partition coefficient (Wildman–Crippen LogP) is 4.00. The van der Waals surface area contributed by atoms with Crippen LogP contribution in [-0.4, -0.2) is 25.7 Å². The zero-order valence-corrected chi connectivity index (χ0v) is 17.1. The average Bonchev–Trinajstić information content (AvgIpc) is 3.33. The molecule has 1 aromatic carbocycles. The summed E-state index contributed by atoms with van der Waals surface area (Å²) in [5.41, 5.74) is 5.68. The van der Waals surface area contributed by atoms with Crippen LogP contribution >= 0.6 is 11.3 Å². The lowest BCUT2D eigenvalue weighted by atomic mass is 10.1. The number of benzene rings is 1. The van der Waals surface area contributed by atoms with E-state index >= 15 is 0 Å². The van der Waals surface area contributed by atoms with Gasteiger partial charge in [0.15, 0.2) is 0 Å². The fourth-order valence-electron chi connectivity index (χ4n) is 3.12.